The van der Waals surface area contributed by atoms with E-state index in [9.17, 15) is 5.11 Å². The van der Waals surface area contributed by atoms with Gasteiger partial charge in [0.2, 0.25) is 0 Å². The van der Waals surface area contributed by atoms with Crippen LogP contribution in [0.5, 0.6) is 0 Å². The molecule has 0 amide bonds. The van der Waals surface area contributed by atoms with E-state index in [1.807, 2.05) is 13.8 Å². The average Bonchev–Trinajstić information content (AvgIpc) is 2.13. The van der Waals surface area contributed by atoms with Crippen LogP contribution in [0, 0.1) is 11.3 Å². The van der Waals surface area contributed by atoms with Gasteiger partial charge in [-0.3, -0.25) is 0 Å². The van der Waals surface area contributed by atoms with Gasteiger partial charge >= 0.3 is 0 Å². The molecular formula is C15H34N2O. The Morgan fingerprint density at radius 2 is 1.72 bits per heavy atom. The largest absolute Gasteiger partial charge is 0.389 e. The van der Waals surface area contributed by atoms with Crippen molar-refractivity contribution in [1.82, 2.24) is 10.2 Å². The van der Waals surface area contributed by atoms with Crippen molar-refractivity contribution >= 4 is 0 Å². The summed E-state index contributed by atoms with van der Waals surface area (Å²) in [6.45, 7) is 16.6. The highest BCUT2D eigenvalue weighted by molar-refractivity contribution is 4.81. The molecule has 0 aliphatic heterocycles. The molecule has 0 aromatic rings. The molecule has 3 nitrogen and oxygen atoms in total. The lowest BCUT2D eigenvalue weighted by Crippen LogP contribution is -2.45. The molecule has 18 heavy (non-hydrogen) atoms. The number of nitrogens with one attached hydrogen (secondary N) is 1. The summed E-state index contributed by atoms with van der Waals surface area (Å²) in [5, 5.41) is 13.4. The zero-order valence-corrected chi connectivity index (χ0v) is 13.5. The van der Waals surface area contributed by atoms with Crippen LogP contribution in [-0.2, 0) is 0 Å². The predicted molar refractivity (Wildman–Crippen MR) is 79.9 cm³/mol. The first-order chi connectivity index (χ1) is 8.08. The van der Waals surface area contributed by atoms with Gasteiger partial charge in [-0.2, -0.15) is 0 Å². The number of hydrogen-bond donors (Lipinski definition) is 2. The van der Waals surface area contributed by atoms with E-state index in [0.29, 0.717) is 12.5 Å². The van der Waals surface area contributed by atoms with Gasteiger partial charge in [0.25, 0.3) is 0 Å². The second-order valence-corrected chi connectivity index (χ2v) is 7.17. The van der Waals surface area contributed by atoms with Crippen LogP contribution in [0.4, 0.5) is 0 Å². The molecule has 0 saturated heterocycles. The normalized spacial score (nSPS) is 16.3. The van der Waals surface area contributed by atoms with Crippen molar-refractivity contribution in [1.29, 1.82) is 0 Å². The lowest BCUT2D eigenvalue weighted by molar-refractivity contribution is 0.0314. The van der Waals surface area contributed by atoms with Crippen LogP contribution in [-0.4, -0.2) is 48.8 Å². The molecule has 0 aromatic carbocycles. The van der Waals surface area contributed by atoms with E-state index in [2.05, 4.69) is 45.0 Å². The fourth-order valence-electron chi connectivity index (χ4n) is 2.32. The maximum Gasteiger partial charge on any atom is 0.0718 e. The maximum atomic E-state index is 9.85. The summed E-state index contributed by atoms with van der Waals surface area (Å²) in [4.78, 5) is 2.24. The van der Waals surface area contributed by atoms with Crippen LogP contribution in [0.15, 0.2) is 0 Å². The van der Waals surface area contributed by atoms with E-state index in [-0.39, 0.29) is 5.41 Å². The number of likely N-dealkylation sites (N-methyl/N-ethyl adjacent to an activating group) is 1. The summed E-state index contributed by atoms with van der Waals surface area (Å²) in [6, 6.07) is 0. The molecule has 0 spiro atoms. The van der Waals surface area contributed by atoms with Gasteiger partial charge in [0.05, 0.1) is 5.60 Å². The monoisotopic (exact) mass is 258 g/mol. The van der Waals surface area contributed by atoms with Crippen molar-refractivity contribution in [3.8, 4) is 0 Å². The SMILES string of the molecule is CCC(C)(CNCC(C)C)CN(C)CC(C)(C)O. The van der Waals surface area contributed by atoms with Crippen molar-refractivity contribution < 1.29 is 5.11 Å². The Hall–Kier alpha value is -0.120. The van der Waals surface area contributed by atoms with Crippen LogP contribution in [0.3, 0.4) is 0 Å². The molecule has 0 aliphatic rings. The molecule has 0 rings (SSSR count). The predicted octanol–water partition coefficient (Wildman–Crippen LogP) is 2.35. The van der Waals surface area contributed by atoms with Crippen molar-refractivity contribution in [2.24, 2.45) is 11.3 Å². The Balaban J connectivity index is 4.20. The first-order valence-electron chi connectivity index (χ1n) is 7.19. The minimum absolute atomic E-state index is 0.273. The highest BCUT2D eigenvalue weighted by Gasteiger charge is 2.26. The number of hydrogen-bond acceptors (Lipinski definition) is 3. The first kappa shape index (κ1) is 17.9. The van der Waals surface area contributed by atoms with Crippen LogP contribution < -0.4 is 5.32 Å². The van der Waals surface area contributed by atoms with Crippen LogP contribution >= 0.6 is 0 Å². The van der Waals surface area contributed by atoms with E-state index in [1.54, 1.807) is 0 Å². The van der Waals surface area contributed by atoms with Crippen molar-refractivity contribution in [3.63, 3.8) is 0 Å². The smallest absolute Gasteiger partial charge is 0.0718 e. The van der Waals surface area contributed by atoms with E-state index < -0.39 is 5.60 Å². The molecule has 1 atom stereocenters. The van der Waals surface area contributed by atoms with E-state index >= 15 is 0 Å². The van der Waals surface area contributed by atoms with Gasteiger partial charge in [-0.15, -0.1) is 0 Å². The minimum atomic E-state index is -0.616. The van der Waals surface area contributed by atoms with Crippen molar-refractivity contribution in [3.05, 3.63) is 0 Å². The van der Waals surface area contributed by atoms with Crippen LogP contribution in [0.1, 0.15) is 48.0 Å². The molecule has 0 bridgehead atoms. The minimum Gasteiger partial charge on any atom is -0.389 e. The van der Waals surface area contributed by atoms with E-state index in [1.165, 1.54) is 0 Å². The molecule has 0 radical (unpaired) electrons. The number of nitrogens with zero attached hydrogens (tertiary/aromatic N) is 1. The molecular weight excluding hydrogens is 224 g/mol. The summed E-state index contributed by atoms with van der Waals surface area (Å²) < 4.78 is 0. The summed E-state index contributed by atoms with van der Waals surface area (Å²) in [5.74, 6) is 0.695. The summed E-state index contributed by atoms with van der Waals surface area (Å²) in [6.07, 6.45) is 1.15. The van der Waals surface area contributed by atoms with Crippen molar-refractivity contribution in [2.45, 2.75) is 53.6 Å². The Kier molecular flexibility index (Phi) is 7.41. The summed E-state index contributed by atoms with van der Waals surface area (Å²) in [7, 11) is 2.09. The second-order valence-electron chi connectivity index (χ2n) is 7.17. The Labute approximate surface area is 114 Å². The van der Waals surface area contributed by atoms with Crippen molar-refractivity contribution in [2.75, 3.05) is 33.2 Å². The lowest BCUT2D eigenvalue weighted by Gasteiger charge is -2.35. The number of aliphatic hydroxyl groups is 1. The molecule has 110 valence electrons. The molecule has 0 aliphatic carbocycles. The zero-order valence-electron chi connectivity index (χ0n) is 13.5. The molecule has 0 saturated carbocycles. The zero-order chi connectivity index (χ0) is 14.4. The lowest BCUT2D eigenvalue weighted by atomic mass is 9.86. The topological polar surface area (TPSA) is 35.5 Å². The molecule has 3 heteroatoms. The highest BCUT2D eigenvalue weighted by atomic mass is 16.3. The molecule has 0 fully saturated rings. The fourth-order valence-corrected chi connectivity index (χ4v) is 2.32. The van der Waals surface area contributed by atoms with E-state index in [0.717, 1.165) is 26.1 Å². The molecule has 0 aromatic heterocycles. The quantitative estimate of drug-likeness (QED) is 0.666. The second kappa shape index (κ2) is 7.46. The number of rotatable bonds is 9. The van der Waals surface area contributed by atoms with E-state index in [4.69, 9.17) is 0 Å². The molecule has 0 heterocycles. The van der Waals surface area contributed by atoms with Gasteiger partial charge in [0.15, 0.2) is 0 Å². The average molecular weight is 258 g/mol. The third-order valence-corrected chi connectivity index (χ3v) is 3.27. The van der Waals surface area contributed by atoms with Crippen LogP contribution in [0.2, 0.25) is 0 Å². The Morgan fingerprint density at radius 1 is 1.17 bits per heavy atom. The van der Waals surface area contributed by atoms with Gasteiger partial charge in [0, 0.05) is 19.6 Å². The van der Waals surface area contributed by atoms with Crippen LogP contribution in [0.25, 0.3) is 0 Å². The van der Waals surface area contributed by atoms with Gasteiger partial charge in [-0.05, 0) is 45.2 Å². The Bertz CT molecular complexity index is 223. The maximum absolute atomic E-state index is 9.85. The molecule has 2 N–H and O–H groups in total. The first-order valence-corrected chi connectivity index (χ1v) is 7.19. The third-order valence-electron chi connectivity index (χ3n) is 3.27. The van der Waals surface area contributed by atoms with Gasteiger partial charge < -0.3 is 15.3 Å². The standard InChI is InChI=1S/C15H34N2O/c1-8-15(6,10-16-9-13(2)3)12-17(7)11-14(4,5)18/h13,16,18H,8-12H2,1-7H3. The third kappa shape index (κ3) is 8.90. The van der Waals surface area contributed by atoms with Gasteiger partial charge in [-0.25, -0.2) is 0 Å². The summed E-state index contributed by atoms with van der Waals surface area (Å²) in [5.41, 5.74) is -0.344. The Morgan fingerprint density at radius 3 is 2.11 bits per heavy atom. The molecule has 1 unspecified atom stereocenters. The highest BCUT2D eigenvalue weighted by Crippen LogP contribution is 2.22. The summed E-state index contributed by atoms with van der Waals surface area (Å²) >= 11 is 0. The van der Waals surface area contributed by atoms with Gasteiger partial charge in [0.1, 0.15) is 0 Å². The van der Waals surface area contributed by atoms with Gasteiger partial charge in [-0.1, -0.05) is 27.7 Å². The fraction of sp³-hybridized carbons (Fsp3) is 1.00.